The summed E-state index contributed by atoms with van der Waals surface area (Å²) in [5.41, 5.74) is 1.10. The fraction of sp³-hybridized carbons (Fsp3) is 0.650. The van der Waals surface area contributed by atoms with Gasteiger partial charge in [-0.15, -0.1) is 0 Å². The largest absolute Gasteiger partial charge is 0.308 e. The van der Waals surface area contributed by atoms with E-state index in [-0.39, 0.29) is 4.87 Å². The Kier molecular flexibility index (Phi) is 6.12. The highest BCUT2D eigenvalue weighted by atomic mass is 32.1. The van der Waals surface area contributed by atoms with Gasteiger partial charge in [0.15, 0.2) is 0 Å². The van der Waals surface area contributed by atoms with E-state index in [1.165, 1.54) is 56.5 Å². The van der Waals surface area contributed by atoms with Gasteiger partial charge in [-0.3, -0.25) is 9.36 Å². The van der Waals surface area contributed by atoms with Crippen LogP contribution in [0.3, 0.4) is 0 Å². The minimum absolute atomic E-state index is 0.182. The fourth-order valence-corrected chi connectivity index (χ4v) is 4.85. The molecule has 0 spiro atoms. The standard InChI is InChI=1S/C20H30N2OS/c1-3-4-7-17-10-12-21(13-11-17)14-16(2)15-22-18-8-5-6-9-19(18)24-20(22)23/h5-6,8-9,16-17H,3-4,7,10-15H2,1-2H3/t16-/m0/s1. The van der Waals surface area contributed by atoms with Crippen LogP contribution in [0, 0.1) is 11.8 Å². The summed E-state index contributed by atoms with van der Waals surface area (Å²) in [5, 5.41) is 0. The van der Waals surface area contributed by atoms with Crippen LogP contribution in [0.2, 0.25) is 0 Å². The van der Waals surface area contributed by atoms with E-state index < -0.39 is 0 Å². The Balaban J connectivity index is 1.53. The molecule has 0 N–H and O–H groups in total. The van der Waals surface area contributed by atoms with Gasteiger partial charge in [-0.25, -0.2) is 0 Å². The Morgan fingerprint density at radius 3 is 2.71 bits per heavy atom. The van der Waals surface area contributed by atoms with Gasteiger partial charge in [-0.2, -0.15) is 0 Å². The smallest absolute Gasteiger partial charge is 0.303 e. The molecule has 1 aliphatic heterocycles. The van der Waals surface area contributed by atoms with Crippen LogP contribution < -0.4 is 4.87 Å². The molecule has 0 amide bonds. The van der Waals surface area contributed by atoms with Gasteiger partial charge >= 0.3 is 4.87 Å². The number of benzene rings is 1. The molecule has 3 rings (SSSR count). The molecule has 0 aliphatic carbocycles. The molecule has 4 heteroatoms. The lowest BCUT2D eigenvalue weighted by Gasteiger charge is -2.33. The average Bonchev–Trinajstić information content (AvgIpc) is 2.90. The van der Waals surface area contributed by atoms with E-state index in [1.807, 2.05) is 22.8 Å². The molecule has 0 radical (unpaired) electrons. The van der Waals surface area contributed by atoms with Gasteiger partial charge in [0, 0.05) is 13.1 Å². The predicted octanol–water partition coefficient (Wildman–Crippen LogP) is 4.60. The van der Waals surface area contributed by atoms with Crippen molar-refractivity contribution in [2.45, 2.75) is 52.5 Å². The molecular formula is C20H30N2OS. The van der Waals surface area contributed by atoms with Gasteiger partial charge in [0.25, 0.3) is 0 Å². The first-order chi connectivity index (χ1) is 11.7. The number of rotatable bonds is 7. The van der Waals surface area contributed by atoms with E-state index in [0.29, 0.717) is 5.92 Å². The van der Waals surface area contributed by atoms with Crippen molar-refractivity contribution in [2.75, 3.05) is 19.6 Å². The monoisotopic (exact) mass is 346 g/mol. The van der Waals surface area contributed by atoms with Crippen LogP contribution in [-0.2, 0) is 6.54 Å². The van der Waals surface area contributed by atoms with E-state index in [1.54, 1.807) is 0 Å². The van der Waals surface area contributed by atoms with Crippen molar-refractivity contribution >= 4 is 21.6 Å². The Morgan fingerprint density at radius 1 is 1.21 bits per heavy atom. The van der Waals surface area contributed by atoms with Crippen LogP contribution in [0.1, 0.15) is 46.0 Å². The number of likely N-dealkylation sites (tertiary alicyclic amines) is 1. The molecule has 3 nitrogen and oxygen atoms in total. The second-order valence-electron chi connectivity index (χ2n) is 7.44. The number of aromatic nitrogens is 1. The van der Waals surface area contributed by atoms with Crippen LogP contribution in [-0.4, -0.2) is 29.1 Å². The Morgan fingerprint density at radius 2 is 1.96 bits per heavy atom. The topological polar surface area (TPSA) is 25.2 Å². The molecule has 1 saturated heterocycles. The SMILES string of the molecule is CCCCC1CCN(C[C@H](C)Cn2c(=O)sc3ccccc32)CC1. The highest BCUT2D eigenvalue weighted by molar-refractivity contribution is 7.16. The van der Waals surface area contributed by atoms with Crippen molar-refractivity contribution in [3.8, 4) is 0 Å². The number of hydrogen-bond donors (Lipinski definition) is 0. The second kappa shape index (κ2) is 8.30. The summed E-state index contributed by atoms with van der Waals surface area (Å²) in [5.74, 6) is 1.45. The molecule has 0 unspecified atom stereocenters. The van der Waals surface area contributed by atoms with Crippen LogP contribution in [0.5, 0.6) is 0 Å². The molecule has 2 aromatic rings. The second-order valence-corrected chi connectivity index (χ2v) is 8.43. The van der Waals surface area contributed by atoms with E-state index in [2.05, 4.69) is 24.8 Å². The van der Waals surface area contributed by atoms with Crippen molar-refractivity contribution in [1.29, 1.82) is 0 Å². The third kappa shape index (κ3) is 4.28. The third-order valence-electron chi connectivity index (χ3n) is 5.31. The number of para-hydroxylation sites is 1. The van der Waals surface area contributed by atoms with Crippen LogP contribution in [0.15, 0.2) is 29.1 Å². The average molecular weight is 347 g/mol. The number of unbranched alkanes of at least 4 members (excludes halogenated alkanes) is 1. The lowest BCUT2D eigenvalue weighted by Crippen LogP contribution is -2.37. The fourth-order valence-electron chi connectivity index (χ4n) is 3.95. The zero-order chi connectivity index (χ0) is 16.9. The predicted molar refractivity (Wildman–Crippen MR) is 104 cm³/mol. The molecule has 0 saturated carbocycles. The van der Waals surface area contributed by atoms with Gasteiger partial charge in [0.1, 0.15) is 0 Å². The molecule has 1 fully saturated rings. The summed E-state index contributed by atoms with van der Waals surface area (Å²) >= 11 is 1.37. The zero-order valence-electron chi connectivity index (χ0n) is 15.0. The molecule has 132 valence electrons. The summed E-state index contributed by atoms with van der Waals surface area (Å²) < 4.78 is 3.07. The Bertz CT molecular complexity index is 697. The minimum atomic E-state index is 0.182. The van der Waals surface area contributed by atoms with Crippen LogP contribution in [0.25, 0.3) is 10.2 Å². The lowest BCUT2D eigenvalue weighted by molar-refractivity contribution is 0.154. The van der Waals surface area contributed by atoms with Gasteiger partial charge in [0.2, 0.25) is 0 Å². The first-order valence-corrected chi connectivity index (χ1v) is 10.3. The number of thiazole rings is 1. The summed E-state index contributed by atoms with van der Waals surface area (Å²) in [6.07, 6.45) is 6.83. The third-order valence-corrected chi connectivity index (χ3v) is 6.27. The zero-order valence-corrected chi connectivity index (χ0v) is 15.9. The highest BCUT2D eigenvalue weighted by Gasteiger charge is 2.20. The van der Waals surface area contributed by atoms with Crippen molar-refractivity contribution in [3.05, 3.63) is 33.9 Å². The molecule has 24 heavy (non-hydrogen) atoms. The Hall–Kier alpha value is -1.13. The van der Waals surface area contributed by atoms with Gasteiger partial charge in [0.05, 0.1) is 10.2 Å². The van der Waals surface area contributed by atoms with E-state index in [4.69, 9.17) is 0 Å². The lowest BCUT2D eigenvalue weighted by atomic mass is 9.91. The van der Waals surface area contributed by atoms with Gasteiger partial charge in [-0.1, -0.05) is 56.6 Å². The number of hydrogen-bond acceptors (Lipinski definition) is 3. The molecule has 2 heterocycles. The number of piperidine rings is 1. The first kappa shape index (κ1) is 17.7. The normalized spacial score (nSPS) is 18.2. The maximum atomic E-state index is 12.3. The summed E-state index contributed by atoms with van der Waals surface area (Å²) in [6, 6.07) is 8.15. The minimum Gasteiger partial charge on any atom is -0.303 e. The summed E-state index contributed by atoms with van der Waals surface area (Å²) in [7, 11) is 0. The van der Waals surface area contributed by atoms with Crippen molar-refractivity contribution in [3.63, 3.8) is 0 Å². The molecule has 1 aliphatic rings. The van der Waals surface area contributed by atoms with Gasteiger partial charge in [-0.05, 0) is 49.9 Å². The maximum absolute atomic E-state index is 12.3. The highest BCUT2D eigenvalue weighted by Crippen LogP contribution is 2.23. The molecule has 1 atom stereocenters. The van der Waals surface area contributed by atoms with E-state index >= 15 is 0 Å². The van der Waals surface area contributed by atoms with Gasteiger partial charge < -0.3 is 4.90 Å². The van der Waals surface area contributed by atoms with Crippen LogP contribution in [0.4, 0.5) is 0 Å². The van der Waals surface area contributed by atoms with E-state index in [9.17, 15) is 4.79 Å². The summed E-state index contributed by atoms with van der Waals surface area (Å²) in [4.78, 5) is 15.1. The molecule has 1 aromatic carbocycles. The Labute approximate surface area is 149 Å². The maximum Gasteiger partial charge on any atom is 0.308 e. The molecular weight excluding hydrogens is 316 g/mol. The number of nitrogens with zero attached hydrogens (tertiary/aromatic N) is 2. The first-order valence-electron chi connectivity index (χ1n) is 9.48. The molecule has 1 aromatic heterocycles. The van der Waals surface area contributed by atoms with Crippen molar-refractivity contribution in [1.82, 2.24) is 9.47 Å². The quantitative estimate of drug-likeness (QED) is 0.732. The van der Waals surface area contributed by atoms with E-state index in [0.717, 1.165) is 29.2 Å². The van der Waals surface area contributed by atoms with Crippen LogP contribution >= 0.6 is 11.3 Å². The number of fused-ring (bicyclic) bond motifs is 1. The molecule has 0 bridgehead atoms. The summed E-state index contributed by atoms with van der Waals surface area (Å²) in [6.45, 7) is 8.97. The van der Waals surface area contributed by atoms with Crippen molar-refractivity contribution in [2.24, 2.45) is 11.8 Å². The van der Waals surface area contributed by atoms with Crippen molar-refractivity contribution < 1.29 is 0 Å².